The van der Waals surface area contributed by atoms with Gasteiger partial charge in [-0.15, -0.1) is 0 Å². The van der Waals surface area contributed by atoms with Gasteiger partial charge in [-0.05, 0) is 49.8 Å². The topological polar surface area (TPSA) is 84.2 Å². The zero-order valence-corrected chi connectivity index (χ0v) is 11.9. The monoisotopic (exact) mass is 287 g/mol. The highest BCUT2D eigenvalue weighted by molar-refractivity contribution is 7.89. The summed E-state index contributed by atoms with van der Waals surface area (Å²) in [5.41, 5.74) is 0.711. The summed E-state index contributed by atoms with van der Waals surface area (Å²) in [7, 11) is -3.65. The van der Waals surface area contributed by atoms with Gasteiger partial charge in [0.25, 0.3) is 0 Å². The van der Waals surface area contributed by atoms with Crippen molar-refractivity contribution in [2.75, 3.05) is 5.32 Å². The van der Waals surface area contributed by atoms with Crippen LogP contribution in [0.1, 0.15) is 20.3 Å². The Labute approximate surface area is 113 Å². The summed E-state index contributed by atoms with van der Waals surface area (Å²) < 4.78 is 22.1. The number of thiocarbonyl (C=S) groups is 1. The molecule has 0 radical (unpaired) electrons. The molecule has 0 aliphatic rings. The van der Waals surface area contributed by atoms with Crippen molar-refractivity contribution in [1.29, 1.82) is 0 Å². The number of nitrogens with one attached hydrogen (secondary N) is 2. The first-order valence-electron chi connectivity index (χ1n) is 5.53. The molecule has 0 aromatic heterocycles. The molecule has 0 saturated carbocycles. The van der Waals surface area contributed by atoms with Crippen molar-refractivity contribution in [3.05, 3.63) is 24.3 Å². The Morgan fingerprint density at radius 2 is 1.94 bits per heavy atom. The molecule has 0 amide bonds. The van der Waals surface area contributed by atoms with Crippen LogP contribution in [0.15, 0.2) is 29.2 Å². The third-order valence-electron chi connectivity index (χ3n) is 2.43. The molecule has 0 fully saturated rings. The number of primary sulfonamides is 1. The number of benzene rings is 1. The van der Waals surface area contributed by atoms with E-state index in [0.29, 0.717) is 10.8 Å². The van der Waals surface area contributed by atoms with Crippen LogP contribution >= 0.6 is 12.2 Å². The summed E-state index contributed by atoms with van der Waals surface area (Å²) in [5.74, 6) is 0. The van der Waals surface area contributed by atoms with Gasteiger partial charge in [-0.2, -0.15) is 0 Å². The van der Waals surface area contributed by atoms with Crippen LogP contribution < -0.4 is 15.8 Å². The van der Waals surface area contributed by atoms with Crippen LogP contribution in [0, 0.1) is 0 Å². The summed E-state index contributed by atoms with van der Waals surface area (Å²) in [6, 6.07) is 6.38. The SMILES string of the molecule is CCC(C)NC(=S)Nc1ccc(S(N)(=O)=O)cc1. The number of rotatable bonds is 4. The zero-order valence-electron chi connectivity index (χ0n) is 10.3. The molecule has 1 atom stereocenters. The molecule has 0 spiro atoms. The van der Waals surface area contributed by atoms with E-state index in [9.17, 15) is 8.42 Å². The lowest BCUT2D eigenvalue weighted by Crippen LogP contribution is -2.35. The van der Waals surface area contributed by atoms with Crippen molar-refractivity contribution in [2.24, 2.45) is 5.14 Å². The summed E-state index contributed by atoms with van der Waals surface area (Å²) in [5, 5.41) is 11.6. The number of hydrogen-bond donors (Lipinski definition) is 3. The Balaban J connectivity index is 2.67. The standard InChI is InChI=1S/C11H17N3O2S2/c1-3-8(2)13-11(17)14-9-4-6-10(7-5-9)18(12,15)16/h4-8H,3H2,1-2H3,(H2,12,15,16)(H2,13,14,17). The van der Waals surface area contributed by atoms with Gasteiger partial charge in [0.15, 0.2) is 5.11 Å². The molecule has 1 unspecified atom stereocenters. The van der Waals surface area contributed by atoms with E-state index >= 15 is 0 Å². The van der Waals surface area contributed by atoms with Crippen molar-refractivity contribution in [3.63, 3.8) is 0 Å². The van der Waals surface area contributed by atoms with E-state index in [1.807, 2.05) is 6.92 Å². The fourth-order valence-corrected chi connectivity index (χ4v) is 2.06. The second kappa shape index (κ2) is 6.12. The molecular formula is C11H17N3O2S2. The number of sulfonamides is 1. The Hall–Kier alpha value is -1.18. The predicted octanol–water partition coefficient (Wildman–Crippen LogP) is 1.42. The lowest BCUT2D eigenvalue weighted by atomic mass is 10.3. The number of nitrogens with two attached hydrogens (primary N) is 1. The number of anilines is 1. The summed E-state index contributed by atoms with van der Waals surface area (Å²) in [6.45, 7) is 4.08. The third-order valence-corrected chi connectivity index (χ3v) is 3.58. The Morgan fingerprint density at radius 3 is 2.39 bits per heavy atom. The highest BCUT2D eigenvalue weighted by Gasteiger charge is 2.07. The van der Waals surface area contributed by atoms with Gasteiger partial charge in [-0.3, -0.25) is 0 Å². The molecule has 5 nitrogen and oxygen atoms in total. The normalized spacial score (nSPS) is 12.8. The zero-order chi connectivity index (χ0) is 13.8. The first kappa shape index (κ1) is 14.9. The maximum atomic E-state index is 11.1. The molecule has 0 saturated heterocycles. The fraction of sp³-hybridized carbons (Fsp3) is 0.364. The van der Waals surface area contributed by atoms with Gasteiger partial charge in [0.05, 0.1) is 4.90 Å². The largest absolute Gasteiger partial charge is 0.360 e. The van der Waals surface area contributed by atoms with E-state index in [2.05, 4.69) is 17.6 Å². The van der Waals surface area contributed by atoms with E-state index in [1.165, 1.54) is 12.1 Å². The lowest BCUT2D eigenvalue weighted by Gasteiger charge is -2.15. The van der Waals surface area contributed by atoms with E-state index in [4.69, 9.17) is 17.4 Å². The van der Waals surface area contributed by atoms with Gasteiger partial charge in [-0.25, -0.2) is 13.6 Å². The van der Waals surface area contributed by atoms with E-state index in [1.54, 1.807) is 12.1 Å². The maximum Gasteiger partial charge on any atom is 0.238 e. The summed E-state index contributed by atoms with van der Waals surface area (Å²) in [6.07, 6.45) is 0.964. The smallest absolute Gasteiger partial charge is 0.238 e. The van der Waals surface area contributed by atoms with Crippen LogP contribution in [-0.2, 0) is 10.0 Å². The average Bonchev–Trinajstić information content (AvgIpc) is 2.28. The minimum atomic E-state index is -3.65. The van der Waals surface area contributed by atoms with Crippen LogP contribution in [0.25, 0.3) is 0 Å². The highest BCUT2D eigenvalue weighted by atomic mass is 32.2. The molecule has 18 heavy (non-hydrogen) atoms. The van der Waals surface area contributed by atoms with Crippen LogP contribution in [0.5, 0.6) is 0 Å². The second-order valence-electron chi connectivity index (χ2n) is 3.98. The quantitative estimate of drug-likeness (QED) is 0.729. The molecule has 1 aromatic rings. The summed E-state index contributed by atoms with van der Waals surface area (Å²) >= 11 is 5.12. The minimum Gasteiger partial charge on any atom is -0.360 e. The van der Waals surface area contributed by atoms with Gasteiger partial charge in [0.1, 0.15) is 0 Å². The van der Waals surface area contributed by atoms with Crippen molar-refractivity contribution < 1.29 is 8.42 Å². The van der Waals surface area contributed by atoms with Crippen LogP contribution in [0.2, 0.25) is 0 Å². The molecule has 0 heterocycles. The molecule has 1 rings (SSSR count). The third kappa shape index (κ3) is 4.59. The van der Waals surface area contributed by atoms with Gasteiger partial charge >= 0.3 is 0 Å². The molecule has 7 heteroatoms. The number of hydrogen-bond acceptors (Lipinski definition) is 3. The first-order chi connectivity index (χ1) is 8.32. The molecule has 4 N–H and O–H groups in total. The Bertz CT molecular complexity index is 512. The average molecular weight is 287 g/mol. The fourth-order valence-electron chi connectivity index (χ4n) is 1.22. The van der Waals surface area contributed by atoms with E-state index in [-0.39, 0.29) is 10.9 Å². The van der Waals surface area contributed by atoms with Crippen molar-refractivity contribution in [3.8, 4) is 0 Å². The van der Waals surface area contributed by atoms with Crippen molar-refractivity contribution >= 4 is 33.0 Å². The van der Waals surface area contributed by atoms with Gasteiger partial charge in [-0.1, -0.05) is 6.92 Å². The van der Waals surface area contributed by atoms with Crippen LogP contribution in [0.4, 0.5) is 5.69 Å². The first-order valence-corrected chi connectivity index (χ1v) is 7.48. The molecule has 1 aromatic carbocycles. The second-order valence-corrected chi connectivity index (χ2v) is 5.95. The maximum absolute atomic E-state index is 11.1. The predicted molar refractivity (Wildman–Crippen MR) is 76.9 cm³/mol. The molecule has 0 bridgehead atoms. The Morgan fingerprint density at radius 1 is 1.39 bits per heavy atom. The lowest BCUT2D eigenvalue weighted by molar-refractivity contribution is 0.598. The van der Waals surface area contributed by atoms with E-state index in [0.717, 1.165) is 6.42 Å². The minimum absolute atomic E-state index is 0.0776. The van der Waals surface area contributed by atoms with Gasteiger partial charge < -0.3 is 10.6 Å². The molecule has 0 aliphatic carbocycles. The van der Waals surface area contributed by atoms with Crippen LogP contribution in [-0.4, -0.2) is 19.6 Å². The van der Waals surface area contributed by atoms with E-state index < -0.39 is 10.0 Å². The molecule has 100 valence electrons. The van der Waals surface area contributed by atoms with Crippen LogP contribution in [0.3, 0.4) is 0 Å². The van der Waals surface area contributed by atoms with Gasteiger partial charge in [0.2, 0.25) is 10.0 Å². The molecular weight excluding hydrogens is 270 g/mol. The summed E-state index contributed by atoms with van der Waals surface area (Å²) in [4.78, 5) is 0.0776. The van der Waals surface area contributed by atoms with Crippen molar-refractivity contribution in [1.82, 2.24) is 5.32 Å². The molecule has 0 aliphatic heterocycles. The van der Waals surface area contributed by atoms with Crippen molar-refractivity contribution in [2.45, 2.75) is 31.2 Å². The highest BCUT2D eigenvalue weighted by Crippen LogP contribution is 2.12. The van der Waals surface area contributed by atoms with Gasteiger partial charge in [0, 0.05) is 11.7 Å². The Kier molecular flexibility index (Phi) is 5.06.